The van der Waals surface area contributed by atoms with Crippen LogP contribution < -0.4 is 5.73 Å². The number of ketones is 1. The fourth-order valence-electron chi connectivity index (χ4n) is 1.37. The predicted molar refractivity (Wildman–Crippen MR) is 58.2 cm³/mol. The third kappa shape index (κ3) is 6.11. The van der Waals surface area contributed by atoms with Gasteiger partial charge in [-0.05, 0) is 26.3 Å². The fraction of sp³-hybridized carbons (Fsp3) is 0.909. The summed E-state index contributed by atoms with van der Waals surface area (Å²) in [4.78, 5) is 11.6. The number of carbonyl (C=O) groups is 1. The van der Waals surface area contributed by atoms with Crippen LogP contribution in [0.1, 0.15) is 46.0 Å². The van der Waals surface area contributed by atoms with Crippen molar-refractivity contribution in [2.45, 2.75) is 52.1 Å². The summed E-state index contributed by atoms with van der Waals surface area (Å²) in [6, 6.07) is 0. The molecular weight excluding hydrogens is 178 g/mol. The predicted octanol–water partition coefficient (Wildman–Crippen LogP) is 1.89. The SMILES string of the molecule is CCCCC(OCC)C(=O)CCCN. The first-order valence-corrected chi connectivity index (χ1v) is 5.60. The largest absolute Gasteiger partial charge is 0.371 e. The molecule has 0 aliphatic carbocycles. The monoisotopic (exact) mass is 201 g/mol. The molecule has 84 valence electrons. The normalized spacial score (nSPS) is 12.8. The van der Waals surface area contributed by atoms with Crippen LogP contribution in [0.25, 0.3) is 0 Å². The summed E-state index contributed by atoms with van der Waals surface area (Å²) in [5.41, 5.74) is 5.36. The van der Waals surface area contributed by atoms with E-state index in [1.807, 2.05) is 6.92 Å². The number of rotatable bonds is 9. The van der Waals surface area contributed by atoms with Crippen LogP contribution in [0.4, 0.5) is 0 Å². The van der Waals surface area contributed by atoms with E-state index in [0.717, 1.165) is 25.7 Å². The van der Waals surface area contributed by atoms with Gasteiger partial charge in [0.15, 0.2) is 5.78 Å². The van der Waals surface area contributed by atoms with Crippen molar-refractivity contribution < 1.29 is 9.53 Å². The smallest absolute Gasteiger partial charge is 0.161 e. The third-order valence-electron chi connectivity index (χ3n) is 2.17. The number of ether oxygens (including phenoxy) is 1. The zero-order chi connectivity index (χ0) is 10.8. The summed E-state index contributed by atoms with van der Waals surface area (Å²) < 4.78 is 5.41. The molecule has 0 saturated carbocycles. The summed E-state index contributed by atoms with van der Waals surface area (Å²) in [5.74, 6) is 0.214. The minimum Gasteiger partial charge on any atom is -0.371 e. The molecule has 3 nitrogen and oxygen atoms in total. The summed E-state index contributed by atoms with van der Waals surface area (Å²) in [7, 11) is 0. The van der Waals surface area contributed by atoms with Crippen molar-refractivity contribution in [1.82, 2.24) is 0 Å². The maximum absolute atomic E-state index is 11.6. The molecule has 0 aliphatic heterocycles. The van der Waals surface area contributed by atoms with Crippen molar-refractivity contribution >= 4 is 5.78 Å². The summed E-state index contributed by atoms with van der Waals surface area (Å²) in [5, 5.41) is 0. The molecule has 0 spiro atoms. The van der Waals surface area contributed by atoms with E-state index in [0.29, 0.717) is 19.6 Å². The van der Waals surface area contributed by atoms with Gasteiger partial charge in [0.05, 0.1) is 0 Å². The maximum atomic E-state index is 11.6. The lowest BCUT2D eigenvalue weighted by Gasteiger charge is -2.15. The van der Waals surface area contributed by atoms with Gasteiger partial charge in [-0.15, -0.1) is 0 Å². The average molecular weight is 201 g/mol. The molecule has 0 aromatic heterocycles. The van der Waals surface area contributed by atoms with E-state index in [4.69, 9.17) is 10.5 Å². The lowest BCUT2D eigenvalue weighted by molar-refractivity contribution is -0.130. The molecule has 0 aliphatic rings. The molecule has 1 unspecified atom stereocenters. The molecule has 0 bridgehead atoms. The van der Waals surface area contributed by atoms with Crippen molar-refractivity contribution in [2.24, 2.45) is 5.73 Å². The number of hydrogen-bond acceptors (Lipinski definition) is 3. The van der Waals surface area contributed by atoms with Crippen molar-refractivity contribution in [1.29, 1.82) is 0 Å². The average Bonchev–Trinajstić information content (AvgIpc) is 2.20. The number of carbonyl (C=O) groups excluding carboxylic acids is 1. The molecule has 14 heavy (non-hydrogen) atoms. The Balaban J connectivity index is 3.84. The molecule has 2 N–H and O–H groups in total. The molecular formula is C11H23NO2. The van der Waals surface area contributed by atoms with Crippen LogP contribution in [0.3, 0.4) is 0 Å². The van der Waals surface area contributed by atoms with Crippen LogP contribution in [0.15, 0.2) is 0 Å². The Hall–Kier alpha value is -0.410. The second-order valence-corrected chi connectivity index (χ2v) is 3.44. The van der Waals surface area contributed by atoms with Gasteiger partial charge in [-0.25, -0.2) is 0 Å². The van der Waals surface area contributed by atoms with Crippen LogP contribution in [0.5, 0.6) is 0 Å². The lowest BCUT2D eigenvalue weighted by atomic mass is 10.0. The van der Waals surface area contributed by atoms with E-state index in [1.165, 1.54) is 0 Å². The molecule has 0 aromatic carbocycles. The number of nitrogens with two attached hydrogens (primary N) is 1. The highest BCUT2D eigenvalue weighted by atomic mass is 16.5. The van der Waals surface area contributed by atoms with E-state index >= 15 is 0 Å². The van der Waals surface area contributed by atoms with Crippen molar-refractivity contribution in [3.05, 3.63) is 0 Å². The van der Waals surface area contributed by atoms with Crippen LogP contribution in [0, 0.1) is 0 Å². The molecule has 0 radical (unpaired) electrons. The van der Waals surface area contributed by atoms with Crippen molar-refractivity contribution in [3.8, 4) is 0 Å². The molecule has 0 heterocycles. The number of Topliss-reactive ketones (excluding diaryl/α,β-unsaturated/α-hetero) is 1. The first-order valence-electron chi connectivity index (χ1n) is 5.60. The van der Waals surface area contributed by atoms with E-state index in [9.17, 15) is 4.79 Å². The Labute approximate surface area is 87.0 Å². The quantitative estimate of drug-likeness (QED) is 0.619. The Bertz CT molecular complexity index is 148. The van der Waals surface area contributed by atoms with E-state index in [1.54, 1.807) is 0 Å². The second-order valence-electron chi connectivity index (χ2n) is 3.44. The van der Waals surface area contributed by atoms with Crippen molar-refractivity contribution in [3.63, 3.8) is 0 Å². The van der Waals surface area contributed by atoms with E-state index < -0.39 is 0 Å². The van der Waals surface area contributed by atoms with Gasteiger partial charge in [0.25, 0.3) is 0 Å². The fourth-order valence-corrected chi connectivity index (χ4v) is 1.37. The van der Waals surface area contributed by atoms with Crippen LogP contribution in [0.2, 0.25) is 0 Å². The Morgan fingerprint density at radius 1 is 1.36 bits per heavy atom. The van der Waals surface area contributed by atoms with Crippen LogP contribution >= 0.6 is 0 Å². The van der Waals surface area contributed by atoms with Gasteiger partial charge >= 0.3 is 0 Å². The first-order chi connectivity index (χ1) is 6.76. The van der Waals surface area contributed by atoms with E-state index in [-0.39, 0.29) is 11.9 Å². The maximum Gasteiger partial charge on any atom is 0.161 e. The third-order valence-corrected chi connectivity index (χ3v) is 2.17. The Kier molecular flexibility index (Phi) is 8.89. The summed E-state index contributed by atoms with van der Waals surface area (Å²) in [6.07, 6.45) is 4.16. The zero-order valence-electron chi connectivity index (χ0n) is 9.42. The summed E-state index contributed by atoms with van der Waals surface area (Å²) >= 11 is 0. The van der Waals surface area contributed by atoms with Gasteiger partial charge in [0.1, 0.15) is 6.10 Å². The summed E-state index contributed by atoms with van der Waals surface area (Å²) in [6.45, 7) is 5.24. The molecule has 0 amide bonds. The molecule has 0 aromatic rings. The highest BCUT2D eigenvalue weighted by Gasteiger charge is 2.16. The topological polar surface area (TPSA) is 52.3 Å². The highest BCUT2D eigenvalue weighted by molar-refractivity contribution is 5.83. The number of unbranched alkanes of at least 4 members (excludes halogenated alkanes) is 1. The zero-order valence-corrected chi connectivity index (χ0v) is 9.42. The minimum atomic E-state index is -0.188. The minimum absolute atomic E-state index is 0.188. The van der Waals surface area contributed by atoms with Crippen molar-refractivity contribution in [2.75, 3.05) is 13.2 Å². The molecule has 3 heteroatoms. The van der Waals surface area contributed by atoms with Gasteiger partial charge in [-0.2, -0.15) is 0 Å². The highest BCUT2D eigenvalue weighted by Crippen LogP contribution is 2.09. The number of hydrogen-bond donors (Lipinski definition) is 1. The molecule has 0 fully saturated rings. The standard InChI is InChI=1S/C11H23NO2/c1-3-5-8-11(14-4-2)10(13)7-6-9-12/h11H,3-9,12H2,1-2H3. The van der Waals surface area contributed by atoms with Gasteiger partial charge in [-0.1, -0.05) is 19.8 Å². The molecule has 0 saturated heterocycles. The molecule has 0 rings (SSSR count). The van der Waals surface area contributed by atoms with E-state index in [2.05, 4.69) is 6.92 Å². The first kappa shape index (κ1) is 13.6. The van der Waals surface area contributed by atoms with Crippen LogP contribution in [-0.2, 0) is 9.53 Å². The van der Waals surface area contributed by atoms with Gasteiger partial charge in [0.2, 0.25) is 0 Å². The Morgan fingerprint density at radius 2 is 2.07 bits per heavy atom. The van der Waals surface area contributed by atoms with Gasteiger partial charge in [-0.3, -0.25) is 4.79 Å². The van der Waals surface area contributed by atoms with Gasteiger partial charge < -0.3 is 10.5 Å². The lowest BCUT2D eigenvalue weighted by Crippen LogP contribution is -2.24. The second kappa shape index (κ2) is 9.16. The van der Waals surface area contributed by atoms with Crippen LogP contribution in [-0.4, -0.2) is 25.0 Å². The molecule has 1 atom stereocenters. The van der Waals surface area contributed by atoms with Gasteiger partial charge in [0, 0.05) is 13.0 Å². The Morgan fingerprint density at radius 3 is 2.57 bits per heavy atom.